The largest absolute Gasteiger partial charge is 0.337 e. The van der Waals surface area contributed by atoms with Crippen molar-refractivity contribution in [2.75, 3.05) is 12.3 Å². The van der Waals surface area contributed by atoms with Crippen LogP contribution in [0, 0.1) is 11.3 Å². The van der Waals surface area contributed by atoms with E-state index in [1.807, 2.05) is 11.8 Å². The Morgan fingerprint density at radius 2 is 1.95 bits per heavy atom. The molecular weight excluding hydrogens is 294 g/mol. The number of hydrogen-bond acceptors (Lipinski definition) is 4. The number of thioether (sulfide) groups is 1. The summed E-state index contributed by atoms with van der Waals surface area (Å²) in [5.74, 6) is 1.11. The lowest BCUT2D eigenvalue weighted by atomic mass is 9.83. The van der Waals surface area contributed by atoms with E-state index in [1.165, 1.54) is 25.7 Å². The number of nitrogens with one attached hydrogen (secondary N) is 2. The van der Waals surface area contributed by atoms with Gasteiger partial charge in [-0.05, 0) is 31.4 Å². The van der Waals surface area contributed by atoms with Crippen LogP contribution >= 0.6 is 11.8 Å². The van der Waals surface area contributed by atoms with E-state index in [1.54, 1.807) is 0 Å². The fourth-order valence-corrected chi connectivity index (χ4v) is 4.92. The van der Waals surface area contributed by atoms with Crippen LogP contribution in [0.4, 0.5) is 0 Å². The molecule has 4 nitrogen and oxygen atoms in total. The van der Waals surface area contributed by atoms with Gasteiger partial charge in [-0.2, -0.15) is 17.0 Å². The van der Waals surface area contributed by atoms with Crippen molar-refractivity contribution in [2.24, 2.45) is 0 Å². The number of nitriles is 1. The van der Waals surface area contributed by atoms with Crippen molar-refractivity contribution >= 4 is 17.7 Å². The first-order valence-electron chi connectivity index (χ1n) is 8.76. The van der Waals surface area contributed by atoms with Gasteiger partial charge in [0.1, 0.15) is 5.54 Å². The molecule has 124 valence electrons. The van der Waals surface area contributed by atoms with E-state index in [9.17, 15) is 10.1 Å². The van der Waals surface area contributed by atoms with Crippen LogP contribution in [0.1, 0.15) is 64.7 Å². The lowest BCUT2D eigenvalue weighted by Crippen LogP contribution is -2.53. The fraction of sp³-hybridized carbons (Fsp3) is 0.882. The second-order valence-corrected chi connectivity index (χ2v) is 8.08. The SMILES string of the molecule is CCS[C@H]1CCCC[C@H]1NCC(=O)NC1(C#N)CCCCC1. The Hall–Kier alpha value is -0.730. The van der Waals surface area contributed by atoms with Crippen LogP contribution in [-0.2, 0) is 4.79 Å². The summed E-state index contributed by atoms with van der Waals surface area (Å²) in [7, 11) is 0. The molecule has 2 aliphatic rings. The predicted molar refractivity (Wildman–Crippen MR) is 91.8 cm³/mol. The molecular formula is C17H29N3OS. The Labute approximate surface area is 138 Å². The van der Waals surface area contributed by atoms with E-state index < -0.39 is 5.54 Å². The molecule has 22 heavy (non-hydrogen) atoms. The molecule has 2 aliphatic carbocycles. The zero-order valence-electron chi connectivity index (χ0n) is 13.7. The van der Waals surface area contributed by atoms with Crippen molar-refractivity contribution in [3.63, 3.8) is 0 Å². The highest BCUT2D eigenvalue weighted by Crippen LogP contribution is 2.29. The van der Waals surface area contributed by atoms with Gasteiger partial charge in [0.2, 0.25) is 5.91 Å². The van der Waals surface area contributed by atoms with Gasteiger partial charge in [-0.25, -0.2) is 0 Å². The minimum Gasteiger partial charge on any atom is -0.337 e. The molecule has 5 heteroatoms. The molecule has 2 saturated carbocycles. The highest BCUT2D eigenvalue weighted by Gasteiger charge is 2.33. The summed E-state index contributed by atoms with van der Waals surface area (Å²) in [5, 5.41) is 16.5. The van der Waals surface area contributed by atoms with Crippen LogP contribution in [0.2, 0.25) is 0 Å². The third kappa shape index (κ3) is 4.89. The van der Waals surface area contributed by atoms with Gasteiger partial charge in [-0.3, -0.25) is 4.79 Å². The van der Waals surface area contributed by atoms with E-state index in [2.05, 4.69) is 23.6 Å². The highest BCUT2D eigenvalue weighted by molar-refractivity contribution is 7.99. The minimum absolute atomic E-state index is 0.0192. The summed E-state index contributed by atoms with van der Waals surface area (Å²) in [6, 6.07) is 2.79. The molecule has 0 radical (unpaired) electrons. The number of nitrogens with zero attached hydrogens (tertiary/aromatic N) is 1. The third-order valence-electron chi connectivity index (χ3n) is 4.91. The van der Waals surface area contributed by atoms with Crippen molar-refractivity contribution in [3.05, 3.63) is 0 Å². The Morgan fingerprint density at radius 1 is 1.23 bits per heavy atom. The van der Waals surface area contributed by atoms with Crippen LogP contribution in [0.25, 0.3) is 0 Å². The average molecular weight is 324 g/mol. The lowest BCUT2D eigenvalue weighted by molar-refractivity contribution is -0.122. The van der Waals surface area contributed by atoms with Gasteiger partial charge < -0.3 is 10.6 Å². The van der Waals surface area contributed by atoms with Crippen molar-refractivity contribution in [2.45, 2.75) is 81.5 Å². The Morgan fingerprint density at radius 3 is 2.64 bits per heavy atom. The fourth-order valence-electron chi connectivity index (χ4n) is 3.70. The molecule has 0 aromatic heterocycles. The third-order valence-corrected chi connectivity index (χ3v) is 6.23. The van der Waals surface area contributed by atoms with Crippen molar-refractivity contribution in [3.8, 4) is 6.07 Å². The second kappa shape index (κ2) is 8.79. The summed E-state index contributed by atoms with van der Waals surface area (Å²) >= 11 is 2.00. The van der Waals surface area contributed by atoms with Crippen molar-refractivity contribution in [1.82, 2.24) is 10.6 Å². The van der Waals surface area contributed by atoms with Crippen LogP contribution < -0.4 is 10.6 Å². The summed E-state index contributed by atoms with van der Waals surface area (Å²) < 4.78 is 0. The van der Waals surface area contributed by atoms with Crippen molar-refractivity contribution in [1.29, 1.82) is 5.26 Å². The number of carbonyl (C=O) groups is 1. The summed E-state index contributed by atoms with van der Waals surface area (Å²) in [6.07, 6.45) is 9.82. The quantitative estimate of drug-likeness (QED) is 0.789. The van der Waals surface area contributed by atoms with Gasteiger partial charge in [-0.15, -0.1) is 0 Å². The number of carbonyl (C=O) groups excluding carboxylic acids is 1. The molecule has 0 spiro atoms. The first-order chi connectivity index (χ1) is 10.7. The molecule has 1 amide bonds. The molecule has 0 bridgehead atoms. The minimum atomic E-state index is -0.610. The van der Waals surface area contributed by atoms with Crippen LogP contribution in [-0.4, -0.2) is 35.0 Å². The second-order valence-electron chi connectivity index (χ2n) is 6.57. The smallest absolute Gasteiger partial charge is 0.235 e. The molecule has 0 aromatic carbocycles. The van der Waals surface area contributed by atoms with Gasteiger partial charge in [-0.1, -0.05) is 39.0 Å². The Balaban J connectivity index is 1.80. The zero-order valence-corrected chi connectivity index (χ0v) is 14.5. The Kier molecular flexibility index (Phi) is 7.04. The van der Waals surface area contributed by atoms with Gasteiger partial charge >= 0.3 is 0 Å². The average Bonchev–Trinajstić information content (AvgIpc) is 2.55. The topological polar surface area (TPSA) is 64.9 Å². The monoisotopic (exact) mass is 323 g/mol. The molecule has 2 N–H and O–H groups in total. The van der Waals surface area contributed by atoms with E-state index >= 15 is 0 Å². The van der Waals surface area contributed by atoms with E-state index in [0.29, 0.717) is 17.8 Å². The molecule has 2 atom stereocenters. The molecule has 0 unspecified atom stereocenters. The molecule has 0 aliphatic heterocycles. The first kappa shape index (κ1) is 17.6. The summed E-state index contributed by atoms with van der Waals surface area (Å²) in [4.78, 5) is 12.3. The highest BCUT2D eigenvalue weighted by atomic mass is 32.2. The van der Waals surface area contributed by atoms with E-state index in [0.717, 1.165) is 37.9 Å². The van der Waals surface area contributed by atoms with Gasteiger partial charge in [0.15, 0.2) is 0 Å². The van der Waals surface area contributed by atoms with Crippen molar-refractivity contribution < 1.29 is 4.79 Å². The molecule has 2 fully saturated rings. The number of rotatable bonds is 6. The standard InChI is InChI=1S/C17H29N3OS/c1-2-22-15-9-5-4-8-14(15)19-12-16(21)20-17(13-18)10-6-3-7-11-17/h14-15,19H,2-12H2,1H3,(H,20,21)/t14-,15+/m1/s1. The molecule has 2 rings (SSSR count). The summed E-state index contributed by atoms with van der Waals surface area (Å²) in [6.45, 7) is 2.54. The van der Waals surface area contributed by atoms with Gasteiger partial charge in [0.05, 0.1) is 12.6 Å². The predicted octanol–water partition coefficient (Wildman–Crippen LogP) is 2.98. The van der Waals surface area contributed by atoms with Gasteiger partial charge in [0.25, 0.3) is 0 Å². The lowest BCUT2D eigenvalue weighted by Gasteiger charge is -2.33. The maximum Gasteiger partial charge on any atom is 0.235 e. The van der Waals surface area contributed by atoms with Gasteiger partial charge in [0, 0.05) is 11.3 Å². The van der Waals surface area contributed by atoms with E-state index in [-0.39, 0.29) is 5.91 Å². The van der Waals surface area contributed by atoms with Crippen LogP contribution in [0.5, 0.6) is 0 Å². The Bertz CT molecular complexity index is 399. The number of amides is 1. The molecule has 0 aromatic rings. The molecule has 0 heterocycles. The normalized spacial score (nSPS) is 27.8. The van der Waals surface area contributed by atoms with Crippen LogP contribution in [0.3, 0.4) is 0 Å². The molecule has 0 saturated heterocycles. The number of hydrogen-bond donors (Lipinski definition) is 2. The van der Waals surface area contributed by atoms with E-state index in [4.69, 9.17) is 0 Å². The van der Waals surface area contributed by atoms with Crippen LogP contribution in [0.15, 0.2) is 0 Å². The first-order valence-corrected chi connectivity index (χ1v) is 9.81. The maximum atomic E-state index is 12.3. The maximum absolute atomic E-state index is 12.3. The summed E-state index contributed by atoms with van der Waals surface area (Å²) in [5.41, 5.74) is -0.610. The zero-order chi connectivity index (χ0) is 15.8.